The number of fused-ring (bicyclic) bond motifs is 1. The van der Waals surface area contributed by atoms with Gasteiger partial charge in [0.15, 0.2) is 0 Å². The van der Waals surface area contributed by atoms with Gasteiger partial charge in [-0.2, -0.15) is 0 Å². The zero-order valence-electron chi connectivity index (χ0n) is 10.7. The molecular weight excluding hydrogens is 270 g/mol. The predicted octanol–water partition coefficient (Wildman–Crippen LogP) is 3.01. The van der Waals surface area contributed by atoms with Crippen LogP contribution in [0.4, 0.5) is 5.69 Å². The van der Waals surface area contributed by atoms with E-state index in [4.69, 9.17) is 5.73 Å². The zero-order valence-corrected chi connectivity index (χ0v) is 11.5. The molecule has 0 fully saturated rings. The molecule has 3 aromatic rings. The summed E-state index contributed by atoms with van der Waals surface area (Å²) in [5.74, 6) is -0.423. The van der Waals surface area contributed by atoms with Crippen molar-refractivity contribution >= 4 is 33.1 Å². The van der Waals surface area contributed by atoms with E-state index in [1.54, 1.807) is 29.5 Å². The van der Waals surface area contributed by atoms with Gasteiger partial charge < -0.3 is 11.1 Å². The topological polar surface area (TPSA) is 68.0 Å². The first kappa shape index (κ1) is 12.6. The number of hydrogen-bond donors (Lipinski definition) is 2. The number of anilines is 1. The van der Waals surface area contributed by atoms with Gasteiger partial charge in [0.1, 0.15) is 5.01 Å². The van der Waals surface area contributed by atoms with Crippen LogP contribution >= 0.6 is 11.3 Å². The molecule has 4 nitrogen and oxygen atoms in total. The molecule has 20 heavy (non-hydrogen) atoms. The second-order valence-corrected chi connectivity index (χ2v) is 5.49. The molecule has 0 aliphatic rings. The highest BCUT2D eigenvalue weighted by Crippen LogP contribution is 2.22. The van der Waals surface area contributed by atoms with Gasteiger partial charge >= 0.3 is 0 Å². The Kier molecular flexibility index (Phi) is 3.35. The fraction of sp³-hybridized carbons (Fsp3) is 0.0667. The van der Waals surface area contributed by atoms with Crippen LogP contribution in [0.5, 0.6) is 0 Å². The summed E-state index contributed by atoms with van der Waals surface area (Å²) in [6, 6.07) is 15.2. The minimum Gasteiger partial charge on any atom is -0.379 e. The molecule has 0 aliphatic carbocycles. The van der Waals surface area contributed by atoms with Gasteiger partial charge in [0.05, 0.1) is 16.8 Å². The number of carbonyl (C=O) groups is 1. The summed E-state index contributed by atoms with van der Waals surface area (Å²) in [5, 5.41) is 4.27. The van der Waals surface area contributed by atoms with Crippen molar-refractivity contribution in [2.24, 2.45) is 5.73 Å². The van der Waals surface area contributed by atoms with Crippen molar-refractivity contribution in [3.8, 4) is 0 Å². The lowest BCUT2D eigenvalue weighted by molar-refractivity contribution is 0.100. The Bertz CT molecular complexity index is 733. The van der Waals surface area contributed by atoms with Gasteiger partial charge in [-0.25, -0.2) is 4.98 Å². The van der Waals surface area contributed by atoms with Gasteiger partial charge in [-0.05, 0) is 30.3 Å². The first-order valence-electron chi connectivity index (χ1n) is 6.20. The molecule has 1 amide bonds. The van der Waals surface area contributed by atoms with Gasteiger partial charge in [0.25, 0.3) is 0 Å². The van der Waals surface area contributed by atoms with E-state index in [1.807, 2.05) is 24.3 Å². The number of amides is 1. The van der Waals surface area contributed by atoms with E-state index in [-0.39, 0.29) is 0 Å². The van der Waals surface area contributed by atoms with E-state index >= 15 is 0 Å². The molecule has 1 heterocycles. The van der Waals surface area contributed by atoms with Crippen LogP contribution in [0.25, 0.3) is 10.2 Å². The molecule has 0 unspecified atom stereocenters. The van der Waals surface area contributed by atoms with Gasteiger partial charge in [-0.3, -0.25) is 4.79 Å². The van der Waals surface area contributed by atoms with E-state index in [1.165, 1.54) is 4.70 Å². The summed E-state index contributed by atoms with van der Waals surface area (Å²) in [5.41, 5.74) is 7.64. The third-order valence-corrected chi connectivity index (χ3v) is 3.97. The Morgan fingerprint density at radius 2 is 2.05 bits per heavy atom. The fourth-order valence-corrected chi connectivity index (χ4v) is 2.86. The number of aromatic nitrogens is 1. The number of carbonyl (C=O) groups excluding carboxylic acids is 1. The monoisotopic (exact) mass is 283 g/mol. The number of nitrogens with two attached hydrogens (primary N) is 1. The van der Waals surface area contributed by atoms with Crippen LogP contribution in [0, 0.1) is 0 Å². The number of para-hydroxylation sites is 1. The lowest BCUT2D eigenvalue weighted by Crippen LogP contribution is -2.11. The summed E-state index contributed by atoms with van der Waals surface area (Å²) in [6.45, 7) is 0.627. The quantitative estimate of drug-likeness (QED) is 0.773. The van der Waals surface area contributed by atoms with Crippen LogP contribution in [0.1, 0.15) is 15.4 Å². The third-order valence-electron chi connectivity index (χ3n) is 2.93. The summed E-state index contributed by atoms with van der Waals surface area (Å²) in [7, 11) is 0. The van der Waals surface area contributed by atoms with Gasteiger partial charge in [0, 0.05) is 11.3 Å². The van der Waals surface area contributed by atoms with Crippen molar-refractivity contribution in [1.82, 2.24) is 4.98 Å². The highest BCUT2D eigenvalue weighted by molar-refractivity contribution is 7.18. The van der Waals surface area contributed by atoms with Crippen molar-refractivity contribution in [2.75, 3.05) is 5.32 Å². The highest BCUT2D eigenvalue weighted by atomic mass is 32.1. The van der Waals surface area contributed by atoms with Crippen LogP contribution < -0.4 is 11.1 Å². The van der Waals surface area contributed by atoms with Crippen molar-refractivity contribution in [3.05, 3.63) is 59.1 Å². The molecule has 0 spiro atoms. The number of thiazole rings is 1. The van der Waals surface area contributed by atoms with Gasteiger partial charge in [0.2, 0.25) is 5.91 Å². The van der Waals surface area contributed by atoms with E-state index in [0.29, 0.717) is 12.1 Å². The molecule has 0 atom stereocenters. The molecule has 1 aromatic heterocycles. The van der Waals surface area contributed by atoms with Crippen molar-refractivity contribution < 1.29 is 4.79 Å². The molecule has 3 rings (SSSR count). The van der Waals surface area contributed by atoms with E-state index in [0.717, 1.165) is 16.2 Å². The van der Waals surface area contributed by atoms with Crippen molar-refractivity contribution in [1.29, 1.82) is 0 Å². The molecule has 0 saturated heterocycles. The third kappa shape index (κ3) is 2.62. The first-order chi connectivity index (χ1) is 9.72. The maximum Gasteiger partial charge on any atom is 0.248 e. The minimum atomic E-state index is -0.423. The Morgan fingerprint density at radius 3 is 2.85 bits per heavy atom. The molecule has 0 saturated carbocycles. The molecule has 0 bridgehead atoms. The van der Waals surface area contributed by atoms with E-state index < -0.39 is 5.91 Å². The molecular formula is C15H13N3OS. The molecule has 0 aliphatic heterocycles. The van der Waals surface area contributed by atoms with E-state index in [9.17, 15) is 4.79 Å². The summed E-state index contributed by atoms with van der Waals surface area (Å²) >= 11 is 1.66. The van der Waals surface area contributed by atoms with Crippen LogP contribution in [0.15, 0.2) is 48.5 Å². The normalized spacial score (nSPS) is 10.6. The van der Waals surface area contributed by atoms with Gasteiger partial charge in [-0.15, -0.1) is 11.3 Å². The number of rotatable bonds is 4. The predicted molar refractivity (Wildman–Crippen MR) is 81.9 cm³/mol. The Hall–Kier alpha value is -2.40. The first-order valence-corrected chi connectivity index (χ1v) is 7.02. The lowest BCUT2D eigenvalue weighted by atomic mass is 10.2. The average Bonchev–Trinajstić information content (AvgIpc) is 2.88. The molecule has 5 heteroatoms. The number of primary amides is 1. The highest BCUT2D eigenvalue weighted by Gasteiger charge is 2.04. The van der Waals surface area contributed by atoms with Crippen LogP contribution in [0.3, 0.4) is 0 Å². The SMILES string of the molecule is NC(=O)c1cccc(NCc2nc3ccccc3s2)c1. The second-order valence-electron chi connectivity index (χ2n) is 4.37. The summed E-state index contributed by atoms with van der Waals surface area (Å²) < 4.78 is 1.18. The standard InChI is InChI=1S/C15H13N3OS/c16-15(19)10-4-3-5-11(8-10)17-9-14-18-12-6-1-2-7-13(12)20-14/h1-8,17H,9H2,(H2,16,19). The number of hydrogen-bond acceptors (Lipinski definition) is 4. The van der Waals surface area contributed by atoms with Crippen molar-refractivity contribution in [2.45, 2.75) is 6.54 Å². The summed E-state index contributed by atoms with van der Waals surface area (Å²) in [4.78, 5) is 15.7. The number of nitrogens with zero attached hydrogens (tertiary/aromatic N) is 1. The van der Waals surface area contributed by atoms with Crippen molar-refractivity contribution in [3.63, 3.8) is 0 Å². The molecule has 100 valence electrons. The average molecular weight is 283 g/mol. The fourth-order valence-electron chi connectivity index (χ4n) is 1.96. The van der Waals surface area contributed by atoms with Crippen LogP contribution in [-0.2, 0) is 6.54 Å². The Labute approximate surface area is 120 Å². The molecule has 3 N–H and O–H groups in total. The lowest BCUT2D eigenvalue weighted by Gasteiger charge is -2.05. The zero-order chi connectivity index (χ0) is 13.9. The Morgan fingerprint density at radius 1 is 1.20 bits per heavy atom. The number of benzene rings is 2. The summed E-state index contributed by atoms with van der Waals surface area (Å²) in [6.07, 6.45) is 0. The largest absolute Gasteiger partial charge is 0.379 e. The van der Waals surface area contributed by atoms with Gasteiger partial charge in [-0.1, -0.05) is 18.2 Å². The van der Waals surface area contributed by atoms with Crippen LogP contribution in [-0.4, -0.2) is 10.9 Å². The molecule has 0 radical (unpaired) electrons. The minimum absolute atomic E-state index is 0.423. The molecule has 2 aromatic carbocycles. The van der Waals surface area contributed by atoms with Crippen LogP contribution in [0.2, 0.25) is 0 Å². The van der Waals surface area contributed by atoms with E-state index in [2.05, 4.69) is 16.4 Å². The smallest absolute Gasteiger partial charge is 0.248 e. The maximum atomic E-state index is 11.1. The number of nitrogens with one attached hydrogen (secondary N) is 1. The second kappa shape index (κ2) is 5.30. The Balaban J connectivity index is 1.75. The maximum absolute atomic E-state index is 11.1.